The zero-order valence-electron chi connectivity index (χ0n) is 14.4. The molecule has 0 aliphatic carbocycles. The topological polar surface area (TPSA) is 24.5 Å². The number of benzene rings is 2. The molecule has 1 aliphatic heterocycles. The summed E-state index contributed by atoms with van der Waals surface area (Å²) in [5, 5.41) is 3.22. The lowest BCUT2D eigenvalue weighted by Gasteiger charge is -2.29. The Hall–Kier alpha value is -1.83. The van der Waals surface area contributed by atoms with Gasteiger partial charge in [-0.3, -0.25) is 0 Å². The van der Waals surface area contributed by atoms with Gasteiger partial charge in [0.2, 0.25) is 0 Å². The van der Waals surface area contributed by atoms with Gasteiger partial charge in [0.1, 0.15) is 17.5 Å². The van der Waals surface area contributed by atoms with Gasteiger partial charge in [0.05, 0.1) is 11.8 Å². The molecule has 1 saturated heterocycles. The second kappa shape index (κ2) is 8.91. The van der Waals surface area contributed by atoms with Gasteiger partial charge >= 0.3 is 0 Å². The highest BCUT2D eigenvalue weighted by Gasteiger charge is 2.23. The number of anilines is 1. The lowest BCUT2D eigenvalue weighted by atomic mass is 10.1. The minimum Gasteiger partial charge on any atom is -0.376 e. The molecule has 0 spiro atoms. The van der Waals surface area contributed by atoms with Gasteiger partial charge in [0.15, 0.2) is 5.11 Å². The van der Waals surface area contributed by atoms with E-state index in [-0.39, 0.29) is 28.5 Å². The van der Waals surface area contributed by atoms with Crippen molar-refractivity contribution in [3.63, 3.8) is 0 Å². The summed E-state index contributed by atoms with van der Waals surface area (Å²) in [6.45, 7) is 1.16. The van der Waals surface area contributed by atoms with E-state index in [2.05, 4.69) is 5.32 Å². The molecule has 0 saturated carbocycles. The predicted octanol–water partition coefficient (Wildman–Crippen LogP) is 5.14. The number of hydrogen-bond donors (Lipinski definition) is 1. The van der Waals surface area contributed by atoms with Gasteiger partial charge in [-0.15, -0.1) is 0 Å². The molecule has 0 amide bonds. The van der Waals surface area contributed by atoms with Crippen molar-refractivity contribution in [2.45, 2.75) is 25.5 Å². The van der Waals surface area contributed by atoms with Gasteiger partial charge in [-0.2, -0.15) is 0 Å². The van der Waals surface area contributed by atoms with Crippen molar-refractivity contribution in [3.05, 3.63) is 64.4 Å². The average Bonchev–Trinajstić information content (AvgIpc) is 3.12. The second-order valence-corrected chi connectivity index (χ2v) is 7.06. The minimum atomic E-state index is -0.765. The van der Waals surface area contributed by atoms with Gasteiger partial charge < -0.3 is 15.0 Å². The molecule has 27 heavy (non-hydrogen) atoms. The molecular formula is C19H18ClF3N2OS. The standard InChI is InChI=1S/C19H18ClF3N2OS/c20-15-4-1-5-16(22)14(15)11-25(10-13-3-2-8-26-13)19(27)24-18-7-6-12(21)9-17(18)23/h1,4-7,9,13H,2-3,8,10-11H2,(H,24,27). The maximum atomic E-state index is 14.2. The van der Waals surface area contributed by atoms with E-state index in [1.807, 2.05) is 0 Å². The molecule has 1 unspecified atom stereocenters. The third-order valence-electron chi connectivity index (χ3n) is 4.32. The maximum Gasteiger partial charge on any atom is 0.173 e. The van der Waals surface area contributed by atoms with E-state index in [0.717, 1.165) is 25.0 Å². The fraction of sp³-hybridized carbons (Fsp3) is 0.316. The smallest absolute Gasteiger partial charge is 0.173 e. The van der Waals surface area contributed by atoms with E-state index < -0.39 is 17.5 Å². The lowest BCUT2D eigenvalue weighted by Crippen LogP contribution is -2.40. The Morgan fingerprint density at radius 2 is 2.04 bits per heavy atom. The molecule has 1 heterocycles. The van der Waals surface area contributed by atoms with Crippen LogP contribution in [0, 0.1) is 17.5 Å². The van der Waals surface area contributed by atoms with Crippen LogP contribution in [0.3, 0.4) is 0 Å². The van der Waals surface area contributed by atoms with Gasteiger partial charge in [0, 0.05) is 36.3 Å². The van der Waals surface area contributed by atoms with Crippen LogP contribution in [0.2, 0.25) is 5.02 Å². The number of ether oxygens (including phenoxy) is 1. The Balaban J connectivity index is 1.80. The summed E-state index contributed by atoms with van der Waals surface area (Å²) in [5.74, 6) is -1.90. The number of halogens is 4. The Kier molecular flexibility index (Phi) is 6.57. The molecule has 1 fully saturated rings. The van der Waals surface area contributed by atoms with Crippen molar-refractivity contribution >= 4 is 34.6 Å². The molecule has 3 rings (SSSR count). The van der Waals surface area contributed by atoms with Crippen molar-refractivity contribution in [3.8, 4) is 0 Å². The van der Waals surface area contributed by atoms with E-state index >= 15 is 0 Å². The molecule has 0 radical (unpaired) electrons. The van der Waals surface area contributed by atoms with Crippen LogP contribution in [-0.4, -0.2) is 29.3 Å². The highest BCUT2D eigenvalue weighted by Crippen LogP contribution is 2.23. The average molecular weight is 415 g/mol. The Morgan fingerprint density at radius 3 is 2.70 bits per heavy atom. The minimum absolute atomic E-state index is 0.0402. The summed E-state index contributed by atoms with van der Waals surface area (Å²) in [6.07, 6.45) is 1.73. The Morgan fingerprint density at radius 1 is 1.22 bits per heavy atom. The van der Waals surface area contributed by atoms with Crippen molar-refractivity contribution in [1.29, 1.82) is 0 Å². The van der Waals surface area contributed by atoms with E-state index in [4.69, 9.17) is 28.6 Å². The lowest BCUT2D eigenvalue weighted by molar-refractivity contribution is 0.0903. The van der Waals surface area contributed by atoms with Crippen LogP contribution < -0.4 is 5.32 Å². The molecule has 0 aromatic heterocycles. The van der Waals surface area contributed by atoms with Crippen LogP contribution in [0.5, 0.6) is 0 Å². The number of hydrogen-bond acceptors (Lipinski definition) is 2. The summed E-state index contributed by atoms with van der Waals surface area (Å²) in [5.41, 5.74) is 0.333. The summed E-state index contributed by atoms with van der Waals surface area (Å²) >= 11 is 11.5. The Labute approximate surface area is 166 Å². The Bertz CT molecular complexity index is 810. The third kappa shape index (κ3) is 5.12. The fourth-order valence-electron chi connectivity index (χ4n) is 2.91. The van der Waals surface area contributed by atoms with Crippen molar-refractivity contribution in [1.82, 2.24) is 4.90 Å². The zero-order chi connectivity index (χ0) is 19.4. The monoisotopic (exact) mass is 414 g/mol. The summed E-state index contributed by atoms with van der Waals surface area (Å²) in [4.78, 5) is 1.68. The zero-order valence-corrected chi connectivity index (χ0v) is 15.9. The van der Waals surface area contributed by atoms with Crippen LogP contribution in [0.15, 0.2) is 36.4 Å². The van der Waals surface area contributed by atoms with E-state index in [9.17, 15) is 13.2 Å². The summed E-state index contributed by atoms with van der Waals surface area (Å²) in [6, 6.07) is 7.60. The normalized spacial score (nSPS) is 16.4. The first-order valence-corrected chi connectivity index (χ1v) is 9.28. The van der Waals surface area contributed by atoms with E-state index in [1.54, 1.807) is 11.0 Å². The predicted molar refractivity (Wildman–Crippen MR) is 103 cm³/mol. The molecule has 1 aliphatic rings. The number of rotatable bonds is 5. The van der Waals surface area contributed by atoms with E-state index in [0.29, 0.717) is 18.7 Å². The quantitative estimate of drug-likeness (QED) is 0.685. The van der Waals surface area contributed by atoms with E-state index in [1.165, 1.54) is 18.2 Å². The van der Waals surface area contributed by atoms with Crippen LogP contribution in [-0.2, 0) is 11.3 Å². The largest absolute Gasteiger partial charge is 0.376 e. The van der Waals surface area contributed by atoms with Gasteiger partial charge in [-0.05, 0) is 49.3 Å². The SMILES string of the molecule is Fc1ccc(NC(=S)N(Cc2c(F)cccc2Cl)CC2CCCO2)c(F)c1. The van der Waals surface area contributed by atoms with Crippen LogP contribution in [0.4, 0.5) is 18.9 Å². The molecule has 1 N–H and O–H groups in total. The molecule has 0 bridgehead atoms. The summed E-state index contributed by atoms with van der Waals surface area (Å²) < 4.78 is 46.9. The molecule has 8 heteroatoms. The fourth-order valence-corrected chi connectivity index (χ4v) is 3.38. The van der Waals surface area contributed by atoms with Crippen molar-refractivity contribution in [2.75, 3.05) is 18.5 Å². The van der Waals surface area contributed by atoms with Crippen molar-refractivity contribution in [2.24, 2.45) is 0 Å². The second-order valence-electron chi connectivity index (χ2n) is 6.27. The van der Waals surface area contributed by atoms with Crippen LogP contribution in [0.1, 0.15) is 18.4 Å². The highest BCUT2D eigenvalue weighted by atomic mass is 35.5. The number of thiocarbonyl (C=S) groups is 1. The first-order valence-electron chi connectivity index (χ1n) is 8.49. The molecule has 2 aromatic rings. The summed E-state index contributed by atoms with van der Waals surface area (Å²) in [7, 11) is 0. The van der Waals surface area contributed by atoms with Crippen LogP contribution >= 0.6 is 23.8 Å². The molecule has 144 valence electrons. The number of nitrogens with one attached hydrogen (secondary N) is 1. The maximum absolute atomic E-state index is 14.2. The molecule has 2 aromatic carbocycles. The molecular weight excluding hydrogens is 397 g/mol. The van der Waals surface area contributed by atoms with Gasteiger partial charge in [0.25, 0.3) is 0 Å². The first-order chi connectivity index (χ1) is 12.9. The molecule has 1 atom stereocenters. The first kappa shape index (κ1) is 19.9. The molecule has 3 nitrogen and oxygen atoms in total. The highest BCUT2D eigenvalue weighted by molar-refractivity contribution is 7.80. The van der Waals surface area contributed by atoms with Gasteiger partial charge in [-0.25, -0.2) is 13.2 Å². The third-order valence-corrected chi connectivity index (χ3v) is 5.03. The van der Waals surface area contributed by atoms with Gasteiger partial charge in [-0.1, -0.05) is 17.7 Å². The van der Waals surface area contributed by atoms with Crippen molar-refractivity contribution < 1.29 is 17.9 Å². The number of nitrogens with zero attached hydrogens (tertiary/aromatic N) is 1. The van der Waals surface area contributed by atoms with Crippen LogP contribution in [0.25, 0.3) is 0 Å².